The van der Waals surface area contributed by atoms with Crippen molar-refractivity contribution in [2.45, 2.75) is 25.8 Å². The van der Waals surface area contributed by atoms with E-state index in [1.807, 2.05) is 6.92 Å². The standard InChI is InChI=1S/C10H11F3N2/c1-6-3-2-4-15(6)10-8(12)5-7(11)9(13)14-10/h5-6H,2-4H2,1H3. The summed E-state index contributed by atoms with van der Waals surface area (Å²) < 4.78 is 38.9. The topological polar surface area (TPSA) is 16.1 Å². The summed E-state index contributed by atoms with van der Waals surface area (Å²) in [6.45, 7) is 2.55. The Bertz CT molecular complexity index is 381. The minimum absolute atomic E-state index is 0.0844. The molecule has 0 spiro atoms. The molecule has 15 heavy (non-hydrogen) atoms. The van der Waals surface area contributed by atoms with Crippen LogP contribution in [0.5, 0.6) is 0 Å². The highest BCUT2D eigenvalue weighted by Crippen LogP contribution is 2.26. The lowest BCUT2D eigenvalue weighted by molar-refractivity contribution is 0.462. The summed E-state index contributed by atoms with van der Waals surface area (Å²) in [5.74, 6) is -3.38. The highest BCUT2D eigenvalue weighted by molar-refractivity contribution is 5.42. The SMILES string of the molecule is CC1CCCN1c1nc(F)c(F)cc1F. The average molecular weight is 216 g/mol. The third-order valence-corrected chi connectivity index (χ3v) is 2.69. The number of pyridine rings is 1. The monoisotopic (exact) mass is 216 g/mol. The molecule has 0 aromatic carbocycles. The van der Waals surface area contributed by atoms with Gasteiger partial charge in [0.25, 0.3) is 5.95 Å². The Labute approximate surface area is 85.7 Å². The van der Waals surface area contributed by atoms with Crippen LogP contribution in [0.2, 0.25) is 0 Å². The lowest BCUT2D eigenvalue weighted by Gasteiger charge is -2.22. The van der Waals surface area contributed by atoms with Crippen molar-refractivity contribution in [2.24, 2.45) is 0 Å². The van der Waals surface area contributed by atoms with E-state index in [9.17, 15) is 13.2 Å². The molecule has 1 aromatic heterocycles. The van der Waals surface area contributed by atoms with E-state index in [0.717, 1.165) is 12.8 Å². The molecule has 2 heterocycles. The van der Waals surface area contributed by atoms with Gasteiger partial charge in [-0.25, -0.2) is 8.78 Å². The van der Waals surface area contributed by atoms with Crippen LogP contribution in [0, 0.1) is 17.6 Å². The normalized spacial score (nSPS) is 21.1. The van der Waals surface area contributed by atoms with Crippen molar-refractivity contribution in [1.29, 1.82) is 0 Å². The van der Waals surface area contributed by atoms with E-state index in [0.29, 0.717) is 12.6 Å². The van der Waals surface area contributed by atoms with Crippen LogP contribution in [0.3, 0.4) is 0 Å². The van der Waals surface area contributed by atoms with Gasteiger partial charge in [-0.15, -0.1) is 0 Å². The van der Waals surface area contributed by atoms with Gasteiger partial charge < -0.3 is 4.90 Å². The Hall–Kier alpha value is -1.26. The van der Waals surface area contributed by atoms with Gasteiger partial charge in [-0.1, -0.05) is 0 Å². The van der Waals surface area contributed by atoms with Crippen molar-refractivity contribution in [3.63, 3.8) is 0 Å². The van der Waals surface area contributed by atoms with Gasteiger partial charge in [-0.3, -0.25) is 0 Å². The first kappa shape index (κ1) is 10.3. The van der Waals surface area contributed by atoms with E-state index in [-0.39, 0.29) is 11.9 Å². The van der Waals surface area contributed by atoms with Crippen LogP contribution >= 0.6 is 0 Å². The first-order chi connectivity index (χ1) is 7.09. The maximum Gasteiger partial charge on any atom is 0.251 e. The molecule has 1 atom stereocenters. The molecule has 1 aliphatic rings. The smallest absolute Gasteiger partial charge is 0.251 e. The third kappa shape index (κ3) is 1.78. The second kappa shape index (κ2) is 3.72. The summed E-state index contributed by atoms with van der Waals surface area (Å²) in [6.07, 6.45) is 1.83. The van der Waals surface area contributed by atoms with Gasteiger partial charge in [0.1, 0.15) is 0 Å². The van der Waals surface area contributed by atoms with Crippen LogP contribution in [0.15, 0.2) is 6.07 Å². The maximum atomic E-state index is 13.3. The van der Waals surface area contributed by atoms with Crippen LogP contribution < -0.4 is 4.90 Å². The van der Waals surface area contributed by atoms with Crippen LogP contribution in [0.4, 0.5) is 19.0 Å². The van der Waals surface area contributed by atoms with Gasteiger partial charge in [0.15, 0.2) is 17.5 Å². The van der Waals surface area contributed by atoms with E-state index in [2.05, 4.69) is 4.98 Å². The van der Waals surface area contributed by atoms with Gasteiger partial charge in [-0.05, 0) is 19.8 Å². The molecule has 0 N–H and O–H groups in total. The predicted octanol–water partition coefficient (Wildman–Crippen LogP) is 2.49. The summed E-state index contributed by atoms with van der Waals surface area (Å²) in [5.41, 5.74) is 0. The fourth-order valence-corrected chi connectivity index (χ4v) is 1.88. The number of hydrogen-bond acceptors (Lipinski definition) is 2. The Kier molecular flexibility index (Phi) is 2.54. The minimum Gasteiger partial charge on any atom is -0.351 e. The van der Waals surface area contributed by atoms with Crippen molar-refractivity contribution >= 4 is 5.82 Å². The quantitative estimate of drug-likeness (QED) is 0.670. The summed E-state index contributed by atoms with van der Waals surface area (Å²) in [4.78, 5) is 4.98. The van der Waals surface area contributed by atoms with Gasteiger partial charge in [0.2, 0.25) is 0 Å². The average Bonchev–Trinajstić information content (AvgIpc) is 2.58. The molecule has 1 aliphatic heterocycles. The lowest BCUT2D eigenvalue weighted by atomic mass is 10.2. The summed E-state index contributed by atoms with van der Waals surface area (Å²) in [7, 11) is 0. The summed E-state index contributed by atoms with van der Waals surface area (Å²) in [6, 6.07) is 0.666. The van der Waals surface area contributed by atoms with E-state index in [1.165, 1.54) is 0 Å². The predicted molar refractivity (Wildman–Crippen MR) is 50.2 cm³/mol. The highest BCUT2D eigenvalue weighted by atomic mass is 19.2. The van der Waals surface area contributed by atoms with Crippen molar-refractivity contribution < 1.29 is 13.2 Å². The van der Waals surface area contributed by atoms with Crippen LogP contribution in [-0.2, 0) is 0 Å². The second-order valence-electron chi connectivity index (χ2n) is 3.75. The summed E-state index contributed by atoms with van der Waals surface area (Å²) >= 11 is 0. The van der Waals surface area contributed by atoms with Crippen molar-refractivity contribution in [1.82, 2.24) is 4.98 Å². The summed E-state index contributed by atoms with van der Waals surface area (Å²) in [5, 5.41) is 0. The van der Waals surface area contributed by atoms with Crippen molar-refractivity contribution in [2.75, 3.05) is 11.4 Å². The Morgan fingerprint density at radius 1 is 1.33 bits per heavy atom. The van der Waals surface area contributed by atoms with Crippen molar-refractivity contribution in [3.05, 3.63) is 23.6 Å². The number of aromatic nitrogens is 1. The highest BCUT2D eigenvalue weighted by Gasteiger charge is 2.25. The largest absolute Gasteiger partial charge is 0.351 e. The Morgan fingerprint density at radius 2 is 2.07 bits per heavy atom. The second-order valence-corrected chi connectivity index (χ2v) is 3.75. The first-order valence-electron chi connectivity index (χ1n) is 4.88. The molecule has 0 amide bonds. The number of hydrogen-bond donors (Lipinski definition) is 0. The van der Waals surface area contributed by atoms with Crippen LogP contribution in [0.1, 0.15) is 19.8 Å². The van der Waals surface area contributed by atoms with Gasteiger partial charge >= 0.3 is 0 Å². The Morgan fingerprint density at radius 3 is 2.67 bits per heavy atom. The molecule has 0 radical (unpaired) electrons. The molecular weight excluding hydrogens is 205 g/mol. The van der Waals surface area contributed by atoms with E-state index in [4.69, 9.17) is 0 Å². The molecule has 1 fully saturated rings. The van der Waals surface area contributed by atoms with E-state index in [1.54, 1.807) is 4.90 Å². The molecule has 2 nitrogen and oxygen atoms in total. The van der Waals surface area contributed by atoms with E-state index < -0.39 is 17.6 Å². The van der Waals surface area contributed by atoms with Crippen LogP contribution in [0.25, 0.3) is 0 Å². The zero-order valence-electron chi connectivity index (χ0n) is 8.30. The number of rotatable bonds is 1. The third-order valence-electron chi connectivity index (χ3n) is 2.69. The zero-order chi connectivity index (χ0) is 11.0. The number of nitrogens with zero attached hydrogens (tertiary/aromatic N) is 2. The zero-order valence-corrected chi connectivity index (χ0v) is 8.30. The molecule has 1 unspecified atom stereocenters. The molecule has 0 bridgehead atoms. The minimum atomic E-state index is -1.25. The Balaban J connectivity index is 2.39. The first-order valence-corrected chi connectivity index (χ1v) is 4.88. The number of anilines is 1. The molecule has 2 rings (SSSR count). The molecular formula is C10H11F3N2. The molecule has 1 saturated heterocycles. The molecule has 5 heteroatoms. The van der Waals surface area contributed by atoms with E-state index >= 15 is 0 Å². The molecule has 82 valence electrons. The van der Waals surface area contributed by atoms with Gasteiger partial charge in [0, 0.05) is 18.7 Å². The van der Waals surface area contributed by atoms with Gasteiger partial charge in [-0.2, -0.15) is 9.37 Å². The van der Waals surface area contributed by atoms with Crippen molar-refractivity contribution in [3.8, 4) is 0 Å². The van der Waals surface area contributed by atoms with Crippen LogP contribution in [-0.4, -0.2) is 17.6 Å². The van der Waals surface area contributed by atoms with Gasteiger partial charge in [0.05, 0.1) is 0 Å². The molecule has 0 saturated carbocycles. The number of halogens is 3. The fourth-order valence-electron chi connectivity index (χ4n) is 1.88. The molecule has 0 aliphatic carbocycles. The lowest BCUT2D eigenvalue weighted by Crippen LogP contribution is -2.28. The maximum absolute atomic E-state index is 13.3. The molecule has 1 aromatic rings. The fraction of sp³-hybridized carbons (Fsp3) is 0.500.